The predicted molar refractivity (Wildman–Crippen MR) is 93.9 cm³/mol. The molecule has 3 aliphatic rings. The van der Waals surface area contributed by atoms with E-state index in [-0.39, 0.29) is 18.5 Å². The van der Waals surface area contributed by atoms with Gasteiger partial charge in [-0.3, -0.25) is 4.79 Å². The van der Waals surface area contributed by atoms with Crippen LogP contribution in [-0.2, 0) is 4.79 Å². The van der Waals surface area contributed by atoms with E-state index in [1.807, 2.05) is 36.4 Å². The molecule has 5 heteroatoms. The lowest BCUT2D eigenvalue weighted by atomic mass is 9.77. The van der Waals surface area contributed by atoms with Gasteiger partial charge < -0.3 is 18.9 Å². The summed E-state index contributed by atoms with van der Waals surface area (Å²) < 4.78 is 22.4. The second-order valence-corrected chi connectivity index (χ2v) is 6.67. The van der Waals surface area contributed by atoms with Crippen molar-refractivity contribution >= 4 is 5.78 Å². The summed E-state index contributed by atoms with van der Waals surface area (Å²) in [4.78, 5) is 12.8. The number of ketones is 1. The molecule has 0 radical (unpaired) electrons. The molecule has 2 aromatic carbocycles. The lowest BCUT2D eigenvalue weighted by Crippen LogP contribution is -2.25. The van der Waals surface area contributed by atoms with Crippen LogP contribution in [0.1, 0.15) is 36.3 Å². The van der Waals surface area contributed by atoms with Crippen molar-refractivity contribution in [2.24, 2.45) is 0 Å². The van der Waals surface area contributed by atoms with Crippen molar-refractivity contribution < 1.29 is 23.7 Å². The first-order valence-corrected chi connectivity index (χ1v) is 8.76. The Balaban J connectivity index is 1.70. The van der Waals surface area contributed by atoms with E-state index in [0.717, 1.165) is 46.8 Å². The van der Waals surface area contributed by atoms with E-state index in [9.17, 15) is 4.79 Å². The number of hydrogen-bond donors (Lipinski definition) is 0. The molecule has 5 rings (SSSR count). The Labute approximate surface area is 151 Å². The molecule has 0 aromatic heterocycles. The molecule has 0 fully saturated rings. The number of Topliss-reactive ketones (excluding diaryl/α,β-unsaturated/α-hetero) is 1. The maximum atomic E-state index is 12.8. The second-order valence-electron chi connectivity index (χ2n) is 6.67. The number of methoxy groups -OCH3 is 1. The maximum absolute atomic E-state index is 12.8. The number of ether oxygens (including phenoxy) is 4. The Hall–Kier alpha value is -2.95. The van der Waals surface area contributed by atoms with Gasteiger partial charge >= 0.3 is 0 Å². The number of allylic oxidation sites excluding steroid dienone is 2. The van der Waals surface area contributed by atoms with Gasteiger partial charge in [-0.25, -0.2) is 0 Å². The van der Waals surface area contributed by atoms with E-state index in [1.54, 1.807) is 7.11 Å². The third-order valence-corrected chi connectivity index (χ3v) is 5.20. The van der Waals surface area contributed by atoms with Crippen LogP contribution < -0.4 is 18.9 Å². The molecule has 0 saturated heterocycles. The van der Waals surface area contributed by atoms with Gasteiger partial charge in [0.25, 0.3) is 0 Å². The number of benzene rings is 2. The Morgan fingerprint density at radius 2 is 1.77 bits per heavy atom. The summed E-state index contributed by atoms with van der Waals surface area (Å²) in [5, 5.41) is 0. The largest absolute Gasteiger partial charge is 0.497 e. The zero-order valence-electron chi connectivity index (χ0n) is 14.4. The number of carbonyl (C=O) groups excluding carboxylic acids is 1. The van der Waals surface area contributed by atoms with Crippen LogP contribution in [0.5, 0.6) is 23.0 Å². The van der Waals surface area contributed by atoms with Gasteiger partial charge in [0.1, 0.15) is 17.3 Å². The van der Waals surface area contributed by atoms with Crippen molar-refractivity contribution in [1.29, 1.82) is 0 Å². The van der Waals surface area contributed by atoms with Gasteiger partial charge in [-0.1, -0.05) is 12.1 Å². The fourth-order valence-electron chi connectivity index (χ4n) is 3.95. The van der Waals surface area contributed by atoms with E-state index in [4.69, 9.17) is 18.9 Å². The average molecular weight is 350 g/mol. The summed E-state index contributed by atoms with van der Waals surface area (Å²) in [7, 11) is 1.64. The molecule has 0 amide bonds. The van der Waals surface area contributed by atoms with Crippen LogP contribution in [0.2, 0.25) is 0 Å². The molecule has 1 aliphatic carbocycles. The Morgan fingerprint density at radius 1 is 1.00 bits per heavy atom. The second kappa shape index (κ2) is 5.80. The van der Waals surface area contributed by atoms with Crippen LogP contribution in [0.25, 0.3) is 0 Å². The standard InChI is InChI=1S/C21H18O5/c1-23-13-7-5-12(6-8-13)20-14-9-18-19(25-11-24-18)10-17(14)26-16-4-2-3-15(22)21(16)20/h5-10,20H,2-4,11H2,1H3/t20-/m0/s1. The predicted octanol–water partition coefficient (Wildman–Crippen LogP) is 3.96. The van der Waals surface area contributed by atoms with Crippen molar-refractivity contribution in [3.63, 3.8) is 0 Å². The Morgan fingerprint density at radius 3 is 2.54 bits per heavy atom. The quantitative estimate of drug-likeness (QED) is 0.821. The van der Waals surface area contributed by atoms with E-state index in [2.05, 4.69) is 0 Å². The van der Waals surface area contributed by atoms with E-state index < -0.39 is 0 Å². The fourth-order valence-corrected chi connectivity index (χ4v) is 3.95. The zero-order chi connectivity index (χ0) is 17.7. The van der Waals surface area contributed by atoms with Gasteiger partial charge in [0.15, 0.2) is 17.3 Å². The van der Waals surface area contributed by atoms with Gasteiger partial charge in [-0.2, -0.15) is 0 Å². The van der Waals surface area contributed by atoms with Crippen molar-refractivity contribution in [2.45, 2.75) is 25.2 Å². The summed E-state index contributed by atoms with van der Waals surface area (Å²) in [5.41, 5.74) is 2.75. The van der Waals surface area contributed by atoms with Gasteiger partial charge in [-0.15, -0.1) is 0 Å². The normalized spacial score (nSPS) is 20.3. The Kier molecular flexibility index (Phi) is 3.42. The van der Waals surface area contributed by atoms with Crippen molar-refractivity contribution in [3.8, 4) is 23.0 Å². The summed E-state index contributed by atoms with van der Waals surface area (Å²) in [5.74, 6) is 3.69. The topological polar surface area (TPSA) is 54.0 Å². The minimum atomic E-state index is -0.165. The average Bonchev–Trinajstić information content (AvgIpc) is 3.12. The molecule has 2 aliphatic heterocycles. The fraction of sp³-hybridized carbons (Fsp3) is 0.286. The molecule has 132 valence electrons. The third-order valence-electron chi connectivity index (χ3n) is 5.20. The highest BCUT2D eigenvalue weighted by Crippen LogP contribution is 2.50. The van der Waals surface area contributed by atoms with E-state index >= 15 is 0 Å². The lowest BCUT2D eigenvalue weighted by Gasteiger charge is -2.33. The first-order chi connectivity index (χ1) is 12.7. The summed E-state index contributed by atoms with van der Waals surface area (Å²) in [6.45, 7) is 0.206. The van der Waals surface area contributed by atoms with E-state index in [1.165, 1.54) is 0 Å². The molecular formula is C21H18O5. The SMILES string of the molecule is COc1ccc([C@@H]2C3=C(CCCC3=O)Oc3cc4c(cc32)OCO4)cc1. The van der Waals surface area contributed by atoms with Gasteiger partial charge in [0.2, 0.25) is 6.79 Å². The van der Waals surface area contributed by atoms with Crippen LogP contribution in [0, 0.1) is 0 Å². The highest BCUT2D eigenvalue weighted by Gasteiger charge is 2.38. The molecule has 1 atom stereocenters. The third kappa shape index (κ3) is 2.27. The lowest BCUT2D eigenvalue weighted by molar-refractivity contribution is -0.116. The van der Waals surface area contributed by atoms with Gasteiger partial charge in [0, 0.05) is 36.0 Å². The minimum Gasteiger partial charge on any atom is -0.497 e. The summed E-state index contributed by atoms with van der Waals surface area (Å²) in [6, 6.07) is 11.7. The molecule has 0 spiro atoms. The smallest absolute Gasteiger partial charge is 0.231 e. The number of rotatable bonds is 2. The van der Waals surface area contributed by atoms with E-state index in [0.29, 0.717) is 17.9 Å². The molecular weight excluding hydrogens is 332 g/mol. The van der Waals surface area contributed by atoms with Crippen molar-refractivity contribution in [2.75, 3.05) is 13.9 Å². The zero-order valence-corrected chi connectivity index (χ0v) is 14.4. The molecule has 0 saturated carbocycles. The monoisotopic (exact) mass is 350 g/mol. The van der Waals surface area contributed by atoms with Crippen LogP contribution in [-0.4, -0.2) is 19.7 Å². The number of carbonyl (C=O) groups is 1. The van der Waals surface area contributed by atoms with Crippen LogP contribution >= 0.6 is 0 Å². The molecule has 0 unspecified atom stereocenters. The van der Waals surface area contributed by atoms with Crippen molar-refractivity contribution in [1.82, 2.24) is 0 Å². The highest BCUT2D eigenvalue weighted by atomic mass is 16.7. The molecule has 0 N–H and O–H groups in total. The van der Waals surface area contributed by atoms with Crippen molar-refractivity contribution in [3.05, 3.63) is 58.9 Å². The molecule has 2 heterocycles. The van der Waals surface area contributed by atoms with Crippen LogP contribution in [0.4, 0.5) is 0 Å². The molecule has 2 aromatic rings. The Bertz CT molecular complexity index is 926. The van der Waals surface area contributed by atoms with Crippen LogP contribution in [0.3, 0.4) is 0 Å². The summed E-state index contributed by atoms with van der Waals surface area (Å²) >= 11 is 0. The van der Waals surface area contributed by atoms with Gasteiger partial charge in [0.05, 0.1) is 7.11 Å². The number of fused-ring (bicyclic) bond motifs is 2. The molecule has 26 heavy (non-hydrogen) atoms. The first-order valence-electron chi connectivity index (χ1n) is 8.76. The molecule has 0 bridgehead atoms. The maximum Gasteiger partial charge on any atom is 0.231 e. The first kappa shape index (κ1) is 15.3. The highest BCUT2D eigenvalue weighted by molar-refractivity contribution is 5.99. The molecule has 5 nitrogen and oxygen atoms in total. The summed E-state index contributed by atoms with van der Waals surface area (Å²) in [6.07, 6.45) is 2.17. The van der Waals surface area contributed by atoms with Gasteiger partial charge in [-0.05, 0) is 30.2 Å². The van der Waals surface area contributed by atoms with Crippen LogP contribution in [0.15, 0.2) is 47.7 Å². The minimum absolute atomic E-state index is 0.162. The number of hydrogen-bond acceptors (Lipinski definition) is 5.